The summed E-state index contributed by atoms with van der Waals surface area (Å²) in [6.45, 7) is 35.6. The van der Waals surface area contributed by atoms with E-state index in [1.165, 1.54) is 33.5 Å². The Kier molecular flexibility index (Phi) is 68.0. The summed E-state index contributed by atoms with van der Waals surface area (Å²) < 4.78 is 39.3. The molecule has 0 spiro atoms. The molecule has 0 saturated carbocycles. The molecule has 27 heteroatoms. The molecule has 2 N–H and O–H groups in total. The normalized spacial score (nSPS) is 13.3. The molecule has 0 aromatic heterocycles. The second kappa shape index (κ2) is 64.9. The number of fused-ring (bicyclic) bond motifs is 4. The van der Waals surface area contributed by atoms with Gasteiger partial charge in [-0.1, -0.05) is 298 Å². The third kappa shape index (κ3) is 47.5. The standard InChI is InChI=1S/C17H22O4.C13H14O4.C12H14O3.C12H14O2.C10H14.C9H16O4.C2H4I2.2C2H5I.C2H6.CH2I2.CH3.3HI.V/c1-5-20-14(18)17(15(19)21-16(2,3)4)10-12-8-6-7-9-13(12)11-17;1-2-17-12(16)13(11(14)15)7-9-5-3-4-6-10(9)8-13;1-2-15-11(13)12(14)7-9-5-3-4-6-10(9)8-12;1-2-14-12(13)11-7-9-5-3-4-6-10(9)8-11;1-3-9-7-5-6-8-10(9)4-2;1-5-12-7(10)6-8(11)13-9(2,3)4;1-2(3)4;2*1-2-3;1-2;2-1-3;;;;;/h6-9H,5,10-11H2,1-4H3;3-6H,2,7-8H2,1H3,(H,14,15);3-6,14H,2,7-8H2,1H3;3-6,11H,2,7-8H2,1H3;5-8H,3-4H2,1-2H3;5-6H2,1-4H3;2H,1H3;2*2H2,1H3;1-2H3;1H2;1H3;3*1H;/q;;;;;;;;;;;-1;;;;+3/p-3. The molecule has 622 valence electrons. The molecule has 0 bridgehead atoms. The molecular formula is C83H119I9O17V-. The van der Waals surface area contributed by atoms with Crippen LogP contribution in [0.25, 0.3) is 0 Å². The van der Waals surface area contributed by atoms with Crippen molar-refractivity contribution in [1.82, 2.24) is 0 Å². The van der Waals surface area contributed by atoms with E-state index in [4.69, 9.17) is 28.4 Å². The Balaban J connectivity index is -0.000000589. The number of aryl methyl sites for hydroxylation is 2. The first kappa shape index (κ1) is 115. The molecule has 0 atom stereocenters. The van der Waals surface area contributed by atoms with Gasteiger partial charge >= 0.3 is 113 Å². The van der Waals surface area contributed by atoms with Crippen LogP contribution in [0.2, 0.25) is 0 Å². The molecule has 0 fully saturated rings. The number of carboxylic acid groups (broad SMARTS) is 1. The van der Waals surface area contributed by atoms with E-state index in [2.05, 4.69) is 271 Å². The van der Waals surface area contributed by atoms with Crippen LogP contribution in [0.3, 0.4) is 0 Å². The number of alkyl halides is 6. The first-order valence-electron chi connectivity index (χ1n) is 36.2. The van der Waals surface area contributed by atoms with Gasteiger partial charge in [0, 0.05) is 12.8 Å². The van der Waals surface area contributed by atoms with E-state index in [0.29, 0.717) is 38.9 Å². The number of carbonyl (C=O) groups is 8. The Labute approximate surface area is 778 Å². The SMILES string of the molecule is CC.CC(I)I.CCI.CCI.CCOC(=O)C1(C(=O)O)Cc2ccccc2C1.CCOC(=O)C1(C(=O)OC(C)(C)C)Cc2ccccc2C1.CCOC(=O)C1(O)Cc2ccccc2C1.CCOC(=O)C1Cc2ccccc2C1.CCOC(=O)CC(=O)OC(C)(C)C.CCc1ccccc1CC.ICI.[CH3-].[I][V]([I])[I]. The van der Waals surface area contributed by atoms with Gasteiger partial charge in [0.05, 0.1) is 43.3 Å². The summed E-state index contributed by atoms with van der Waals surface area (Å²) in [4.78, 5) is 93.0. The number of benzene rings is 5. The third-order valence-corrected chi connectivity index (χ3v) is 15.0. The summed E-state index contributed by atoms with van der Waals surface area (Å²) in [5.74, 6) is -4.34. The molecular weight excluding hydrogens is 2460 g/mol. The summed E-state index contributed by atoms with van der Waals surface area (Å²) in [7, 11) is 0. The predicted molar refractivity (Wildman–Crippen MR) is 520 cm³/mol. The maximum atomic E-state index is 12.6. The molecule has 110 heavy (non-hydrogen) atoms. The summed E-state index contributed by atoms with van der Waals surface area (Å²) in [6, 6.07) is 39.7. The monoisotopic (exact) mass is 2580 g/mol. The second-order valence-electron chi connectivity index (χ2n) is 25.5. The molecule has 0 heterocycles. The van der Waals surface area contributed by atoms with Crippen LogP contribution in [0.5, 0.6) is 0 Å². The number of hydrogen-bond donors (Lipinski definition) is 2. The topological polar surface area (TPSA) is 242 Å². The average Bonchev–Trinajstić information content (AvgIpc) is 1.62. The van der Waals surface area contributed by atoms with Gasteiger partial charge in [-0.3, -0.25) is 33.6 Å². The van der Waals surface area contributed by atoms with Gasteiger partial charge in [0.2, 0.25) is 0 Å². The van der Waals surface area contributed by atoms with Gasteiger partial charge in [-0.2, -0.15) is 0 Å². The summed E-state index contributed by atoms with van der Waals surface area (Å²) in [6.07, 6.45) is 5.54. The molecule has 5 aromatic carbocycles. The van der Waals surface area contributed by atoms with E-state index in [-0.39, 0.29) is 63.3 Å². The molecule has 4 aliphatic carbocycles. The van der Waals surface area contributed by atoms with Gasteiger partial charge in [0.1, 0.15) is 17.6 Å². The van der Waals surface area contributed by atoms with Crippen molar-refractivity contribution in [2.45, 2.75) is 214 Å². The first-order chi connectivity index (χ1) is 51.3. The van der Waals surface area contributed by atoms with Crippen LogP contribution in [0.15, 0.2) is 121 Å². The maximum absolute atomic E-state index is 12.6. The minimum atomic E-state index is -1.43. The van der Waals surface area contributed by atoms with Gasteiger partial charge in [-0.15, -0.1) is 0 Å². The Hall–Kier alpha value is -1.03. The zero-order valence-corrected chi connectivity index (χ0v) is 88.3. The van der Waals surface area contributed by atoms with Crippen molar-refractivity contribution in [3.63, 3.8) is 0 Å². The Morgan fingerprint density at radius 3 is 0.991 bits per heavy atom. The van der Waals surface area contributed by atoms with Crippen molar-refractivity contribution < 1.29 is 86.6 Å². The fraction of sp³-hybridized carbons (Fsp3) is 0.530. The second-order valence-corrected chi connectivity index (χ2v) is 74.5. The Morgan fingerprint density at radius 1 is 0.445 bits per heavy atom. The van der Waals surface area contributed by atoms with Gasteiger partial charge in [-0.25, -0.2) is 4.79 Å². The molecule has 0 aliphatic heterocycles. The van der Waals surface area contributed by atoms with Crippen molar-refractivity contribution >= 4 is 243 Å². The van der Waals surface area contributed by atoms with Crippen LogP contribution in [-0.4, -0.2) is 121 Å². The fourth-order valence-electron chi connectivity index (χ4n) is 10.8. The fourth-order valence-corrected chi connectivity index (χ4v) is 10.8. The molecule has 17 nitrogen and oxygen atoms in total. The predicted octanol–water partition coefficient (Wildman–Crippen LogP) is 22.3. The quantitative estimate of drug-likeness (QED) is 0.0247. The number of ether oxygens (including phenoxy) is 7. The van der Waals surface area contributed by atoms with Crippen molar-refractivity contribution in [3.05, 3.63) is 184 Å². The molecule has 5 aromatic rings. The zero-order chi connectivity index (χ0) is 84.2. The van der Waals surface area contributed by atoms with E-state index in [9.17, 15) is 48.6 Å². The molecule has 9 rings (SSSR count). The molecule has 0 radical (unpaired) electrons. The van der Waals surface area contributed by atoms with Crippen LogP contribution in [0.4, 0.5) is 0 Å². The summed E-state index contributed by atoms with van der Waals surface area (Å²) in [5.41, 5.74) is 6.30. The van der Waals surface area contributed by atoms with Gasteiger partial charge in [-0.05, 0) is 199 Å². The average molecular weight is 2580 g/mol. The number of aliphatic carboxylic acids is 1. The molecule has 4 aliphatic rings. The van der Waals surface area contributed by atoms with Crippen molar-refractivity contribution in [3.8, 4) is 0 Å². The molecule has 0 unspecified atom stereocenters. The number of carbonyl (C=O) groups excluding carboxylic acids is 7. The van der Waals surface area contributed by atoms with E-state index in [0.717, 1.165) is 61.0 Å². The van der Waals surface area contributed by atoms with E-state index >= 15 is 0 Å². The van der Waals surface area contributed by atoms with Crippen LogP contribution in [0.1, 0.15) is 187 Å². The molecule has 0 amide bonds. The third-order valence-electron chi connectivity index (χ3n) is 15.0. The Morgan fingerprint density at radius 2 is 0.709 bits per heavy atom. The number of hydrogen-bond acceptors (Lipinski definition) is 16. The van der Waals surface area contributed by atoms with Crippen molar-refractivity contribution in [2.75, 3.05) is 44.3 Å². The molecule has 0 saturated heterocycles. The van der Waals surface area contributed by atoms with Gasteiger partial charge in [0.25, 0.3) is 0 Å². The first-order valence-corrected chi connectivity index (χ1v) is 58.3. The van der Waals surface area contributed by atoms with Gasteiger partial charge in [0.15, 0.2) is 16.4 Å². The van der Waals surface area contributed by atoms with Crippen LogP contribution < -0.4 is 0 Å². The minimum absolute atomic E-state index is 0. The number of halogens is 9. The number of rotatable bonds is 15. The van der Waals surface area contributed by atoms with Crippen LogP contribution in [0, 0.1) is 24.2 Å². The zero-order valence-electron chi connectivity index (χ0n) is 67.5. The Bertz CT molecular complexity index is 3290. The van der Waals surface area contributed by atoms with E-state index < -0.39 is 69.4 Å². The van der Waals surface area contributed by atoms with Gasteiger partial charge < -0.3 is 50.8 Å². The van der Waals surface area contributed by atoms with Crippen molar-refractivity contribution in [1.29, 1.82) is 0 Å². The van der Waals surface area contributed by atoms with Crippen LogP contribution >= 0.6 is 195 Å². The van der Waals surface area contributed by atoms with E-state index in [1.807, 2.05) is 106 Å². The van der Waals surface area contributed by atoms with E-state index in [1.54, 1.807) is 69.2 Å². The van der Waals surface area contributed by atoms with Crippen LogP contribution in [-0.2, 0) is 141 Å². The van der Waals surface area contributed by atoms with Crippen molar-refractivity contribution in [2.24, 2.45) is 16.7 Å². The summed E-state index contributed by atoms with van der Waals surface area (Å²) in [5, 5.41) is 19.5. The number of aliphatic hydroxyl groups is 1. The summed E-state index contributed by atoms with van der Waals surface area (Å²) >= 11 is 21.2. The number of carboxylic acids is 1. The number of esters is 7.